The Kier molecular flexibility index (Phi) is 4.63. The minimum absolute atomic E-state index is 0.259. The van der Waals surface area contributed by atoms with E-state index in [0.29, 0.717) is 17.9 Å². The van der Waals surface area contributed by atoms with Crippen LogP contribution in [0.1, 0.15) is 25.5 Å². The van der Waals surface area contributed by atoms with Gasteiger partial charge in [0.25, 0.3) is 0 Å². The summed E-state index contributed by atoms with van der Waals surface area (Å²) in [5, 5.41) is 0.893. The van der Waals surface area contributed by atoms with Crippen LogP contribution in [-0.2, 0) is 9.53 Å². The summed E-state index contributed by atoms with van der Waals surface area (Å²) >= 11 is 5.12. The summed E-state index contributed by atoms with van der Waals surface area (Å²) in [6.45, 7) is 4.04. The Balaban J connectivity index is 1.90. The maximum Gasteiger partial charge on any atom is 0.338 e. The van der Waals surface area contributed by atoms with E-state index in [1.54, 1.807) is 11.8 Å². The molecule has 6 heteroatoms. The number of benzene rings is 2. The van der Waals surface area contributed by atoms with Gasteiger partial charge in [0.05, 0.1) is 29.6 Å². The Morgan fingerprint density at radius 3 is 2.69 bits per heavy atom. The van der Waals surface area contributed by atoms with Gasteiger partial charge in [-0.25, -0.2) is 9.79 Å². The van der Waals surface area contributed by atoms with Crippen molar-refractivity contribution in [3.63, 3.8) is 0 Å². The molecule has 2 aromatic carbocycles. The number of halogens is 1. The number of aliphatic imine (C=N–C) groups is 1. The second kappa shape index (κ2) is 6.93. The van der Waals surface area contributed by atoms with Crippen molar-refractivity contribution in [3.05, 3.63) is 69.8 Å². The summed E-state index contributed by atoms with van der Waals surface area (Å²) in [6.07, 6.45) is 0. The highest BCUT2D eigenvalue weighted by Crippen LogP contribution is 2.49. The minimum Gasteiger partial charge on any atom is -0.463 e. The number of amidine groups is 1. The molecule has 1 unspecified atom stereocenters. The van der Waals surface area contributed by atoms with Gasteiger partial charge in [-0.3, -0.25) is 0 Å². The van der Waals surface area contributed by atoms with Crippen molar-refractivity contribution in [2.75, 3.05) is 11.5 Å². The highest BCUT2D eigenvalue weighted by Gasteiger charge is 2.41. The normalized spacial score (nSPS) is 18.3. The molecule has 0 aromatic heterocycles. The van der Waals surface area contributed by atoms with E-state index in [1.807, 2.05) is 50.2 Å². The number of ether oxygens (including phenoxy) is 1. The molecule has 26 heavy (non-hydrogen) atoms. The van der Waals surface area contributed by atoms with Crippen LogP contribution in [0.2, 0.25) is 0 Å². The quantitative estimate of drug-likeness (QED) is 0.621. The zero-order valence-corrected chi connectivity index (χ0v) is 16.8. The zero-order chi connectivity index (χ0) is 18.3. The molecular formula is C20H17BrN2O2S. The van der Waals surface area contributed by atoms with E-state index in [0.717, 1.165) is 25.8 Å². The number of fused-ring (bicyclic) bond motifs is 3. The lowest BCUT2D eigenvalue weighted by atomic mass is 9.94. The molecule has 0 bridgehead atoms. The molecule has 0 aliphatic carbocycles. The number of anilines is 1. The fourth-order valence-electron chi connectivity index (χ4n) is 3.28. The number of carbonyl (C=O) groups excluding carboxylic acids is 1. The molecule has 1 atom stereocenters. The van der Waals surface area contributed by atoms with Gasteiger partial charge in [0.15, 0.2) is 5.17 Å². The molecule has 0 spiro atoms. The first-order chi connectivity index (χ1) is 12.6. The van der Waals surface area contributed by atoms with E-state index in [-0.39, 0.29) is 12.0 Å². The average molecular weight is 429 g/mol. The molecule has 0 saturated carbocycles. The van der Waals surface area contributed by atoms with E-state index < -0.39 is 0 Å². The van der Waals surface area contributed by atoms with Crippen LogP contribution in [0, 0.1) is 0 Å². The number of hydrogen-bond acceptors (Lipinski definition) is 5. The third-order valence-corrected chi connectivity index (χ3v) is 5.96. The summed E-state index contributed by atoms with van der Waals surface area (Å²) in [4.78, 5) is 20.8. The monoisotopic (exact) mass is 428 g/mol. The first-order valence-corrected chi connectivity index (χ1v) is 9.99. The molecule has 2 aliphatic heterocycles. The standard InChI is InChI=1S/C20H17BrN2O2S/c1-3-25-19(24)17-12(2)22-20-23(15-6-4-5-7-16(15)26-20)18(17)13-8-10-14(21)11-9-13/h4-11,18H,3H2,1-2H3. The third-order valence-electron chi connectivity index (χ3n) is 4.40. The lowest BCUT2D eigenvalue weighted by molar-refractivity contribution is -0.138. The molecule has 132 valence electrons. The fourth-order valence-corrected chi connectivity index (χ4v) is 4.64. The number of thioether (sulfide) groups is 1. The summed E-state index contributed by atoms with van der Waals surface area (Å²) in [7, 11) is 0. The number of carbonyl (C=O) groups is 1. The van der Waals surface area contributed by atoms with Gasteiger partial charge in [0.1, 0.15) is 0 Å². The van der Waals surface area contributed by atoms with E-state index in [4.69, 9.17) is 9.73 Å². The van der Waals surface area contributed by atoms with Crippen molar-refractivity contribution in [1.29, 1.82) is 0 Å². The first-order valence-electron chi connectivity index (χ1n) is 8.38. The SMILES string of the molecule is CCOC(=O)C1=C(C)N=C2Sc3ccccc3N2C1c1ccc(Br)cc1. The number of rotatable bonds is 3. The summed E-state index contributed by atoms with van der Waals surface area (Å²) in [5.41, 5.74) is 3.40. The molecule has 0 N–H and O–H groups in total. The van der Waals surface area contributed by atoms with Crippen LogP contribution >= 0.6 is 27.7 Å². The van der Waals surface area contributed by atoms with E-state index in [9.17, 15) is 4.79 Å². The van der Waals surface area contributed by atoms with Gasteiger partial charge >= 0.3 is 5.97 Å². The number of para-hydroxylation sites is 1. The highest BCUT2D eigenvalue weighted by atomic mass is 79.9. The number of hydrogen-bond donors (Lipinski definition) is 0. The van der Waals surface area contributed by atoms with Crippen LogP contribution in [0.25, 0.3) is 0 Å². The van der Waals surface area contributed by atoms with Crippen molar-refractivity contribution in [2.45, 2.75) is 24.8 Å². The Hall–Kier alpha value is -2.05. The molecule has 2 heterocycles. The van der Waals surface area contributed by atoms with E-state index in [1.165, 1.54) is 0 Å². The van der Waals surface area contributed by atoms with Crippen molar-refractivity contribution >= 4 is 44.5 Å². The van der Waals surface area contributed by atoms with Gasteiger partial charge < -0.3 is 9.64 Å². The summed E-state index contributed by atoms with van der Waals surface area (Å²) in [6, 6.07) is 16.0. The maximum absolute atomic E-state index is 12.8. The van der Waals surface area contributed by atoms with Gasteiger partial charge in [-0.1, -0.05) is 40.2 Å². The smallest absolute Gasteiger partial charge is 0.338 e. The average Bonchev–Trinajstić information content (AvgIpc) is 2.99. The van der Waals surface area contributed by atoms with Crippen molar-refractivity contribution in [3.8, 4) is 0 Å². The Morgan fingerprint density at radius 2 is 1.96 bits per heavy atom. The van der Waals surface area contributed by atoms with Crippen molar-refractivity contribution in [2.24, 2.45) is 4.99 Å². The largest absolute Gasteiger partial charge is 0.463 e. The minimum atomic E-state index is -0.310. The van der Waals surface area contributed by atoms with E-state index in [2.05, 4.69) is 33.0 Å². The molecular weight excluding hydrogens is 412 g/mol. The Labute approximate surface area is 165 Å². The van der Waals surface area contributed by atoms with Crippen molar-refractivity contribution in [1.82, 2.24) is 0 Å². The number of esters is 1. The molecule has 2 aliphatic rings. The Bertz CT molecular complexity index is 937. The fraction of sp³-hybridized carbons (Fsp3) is 0.200. The molecule has 0 saturated heterocycles. The second-order valence-electron chi connectivity index (χ2n) is 6.01. The van der Waals surface area contributed by atoms with E-state index >= 15 is 0 Å². The molecule has 0 fully saturated rings. The van der Waals surface area contributed by atoms with Gasteiger partial charge in [0, 0.05) is 9.37 Å². The van der Waals surface area contributed by atoms with Gasteiger partial charge in [-0.2, -0.15) is 0 Å². The van der Waals surface area contributed by atoms with Crippen LogP contribution in [0.3, 0.4) is 0 Å². The second-order valence-corrected chi connectivity index (χ2v) is 7.93. The third kappa shape index (κ3) is 2.87. The topological polar surface area (TPSA) is 41.9 Å². The van der Waals surface area contributed by atoms with Crippen molar-refractivity contribution < 1.29 is 9.53 Å². The maximum atomic E-state index is 12.8. The van der Waals surface area contributed by atoms with Gasteiger partial charge in [-0.05, 0) is 55.4 Å². The summed E-state index contributed by atoms with van der Waals surface area (Å²) < 4.78 is 6.36. The molecule has 0 amide bonds. The number of nitrogens with zero attached hydrogens (tertiary/aromatic N) is 2. The van der Waals surface area contributed by atoms with Crippen LogP contribution < -0.4 is 4.90 Å². The van der Waals surface area contributed by atoms with Crippen LogP contribution in [0.4, 0.5) is 5.69 Å². The number of allylic oxidation sites excluding steroid dienone is 1. The van der Waals surface area contributed by atoms with Crippen LogP contribution in [-0.4, -0.2) is 17.7 Å². The first kappa shape index (κ1) is 17.4. The predicted octanol–water partition coefficient (Wildman–Crippen LogP) is 5.31. The molecule has 2 aromatic rings. The Morgan fingerprint density at radius 1 is 1.23 bits per heavy atom. The molecule has 4 rings (SSSR count). The zero-order valence-electron chi connectivity index (χ0n) is 14.4. The predicted molar refractivity (Wildman–Crippen MR) is 108 cm³/mol. The van der Waals surface area contributed by atoms with Crippen LogP contribution in [0.5, 0.6) is 0 Å². The van der Waals surface area contributed by atoms with Gasteiger partial charge in [0.2, 0.25) is 0 Å². The van der Waals surface area contributed by atoms with Gasteiger partial charge in [-0.15, -0.1) is 0 Å². The molecule has 0 radical (unpaired) electrons. The van der Waals surface area contributed by atoms with Crippen LogP contribution in [0.15, 0.2) is 74.2 Å². The highest BCUT2D eigenvalue weighted by molar-refractivity contribution is 9.10. The lowest BCUT2D eigenvalue weighted by Gasteiger charge is -2.34. The molecule has 4 nitrogen and oxygen atoms in total. The lowest BCUT2D eigenvalue weighted by Crippen LogP contribution is -2.37. The summed E-state index contributed by atoms with van der Waals surface area (Å²) in [5.74, 6) is -0.310.